The normalized spacial score (nSPS) is 14.2. The number of amides is 1. The third-order valence-electron chi connectivity index (χ3n) is 5.37. The number of anilines is 4. The van der Waals surface area contributed by atoms with Crippen molar-refractivity contribution in [3.05, 3.63) is 65.2 Å². The second-order valence-electron chi connectivity index (χ2n) is 8.03. The highest BCUT2D eigenvalue weighted by Gasteiger charge is 2.29. The number of fused-ring (bicyclic) bond motifs is 2. The number of hydrogen-bond donors (Lipinski definition) is 3. The molecule has 3 N–H and O–H groups in total. The van der Waals surface area contributed by atoms with Gasteiger partial charge in [0.25, 0.3) is 5.91 Å². The van der Waals surface area contributed by atoms with E-state index in [-0.39, 0.29) is 16.0 Å². The smallest absolute Gasteiger partial charge is 0.261 e. The molecule has 0 radical (unpaired) electrons. The minimum absolute atomic E-state index is 0.0945. The third-order valence-corrected chi connectivity index (χ3v) is 5.68. The number of aromatic nitrogens is 3. The van der Waals surface area contributed by atoms with E-state index in [2.05, 4.69) is 51.0 Å². The molecule has 0 fully saturated rings. The molecule has 3 heterocycles. The summed E-state index contributed by atoms with van der Waals surface area (Å²) in [5.74, 6) is 0.0676. The van der Waals surface area contributed by atoms with Gasteiger partial charge in [0.05, 0.1) is 28.5 Å². The van der Waals surface area contributed by atoms with Crippen LogP contribution in [0.2, 0.25) is 5.02 Å². The summed E-state index contributed by atoms with van der Waals surface area (Å²) < 4.78 is 5.51. The van der Waals surface area contributed by atoms with Crippen LogP contribution in [0.5, 0.6) is 0 Å². The molecular formula is C22H19ClN6O2. The average molecular weight is 435 g/mol. The Bertz CT molecular complexity index is 1300. The van der Waals surface area contributed by atoms with Gasteiger partial charge in [0.15, 0.2) is 11.4 Å². The van der Waals surface area contributed by atoms with Gasteiger partial charge in [-0.2, -0.15) is 0 Å². The first kappa shape index (κ1) is 19.3. The number of halogens is 1. The highest BCUT2D eigenvalue weighted by Crippen LogP contribution is 2.39. The van der Waals surface area contributed by atoms with Gasteiger partial charge in [-0.3, -0.25) is 4.79 Å². The van der Waals surface area contributed by atoms with E-state index in [4.69, 9.17) is 16.1 Å². The van der Waals surface area contributed by atoms with Crippen LogP contribution in [0.25, 0.3) is 11.0 Å². The first-order chi connectivity index (χ1) is 14.9. The number of carbonyl (C=O) groups excluding carboxylic acids is 1. The van der Waals surface area contributed by atoms with Gasteiger partial charge >= 0.3 is 0 Å². The Kier molecular flexibility index (Phi) is 4.51. The second kappa shape index (κ2) is 7.24. The van der Waals surface area contributed by atoms with Crippen molar-refractivity contribution in [3.63, 3.8) is 0 Å². The van der Waals surface area contributed by atoms with Crippen LogP contribution in [-0.2, 0) is 5.41 Å². The molecule has 0 saturated heterocycles. The van der Waals surface area contributed by atoms with Gasteiger partial charge in [0.2, 0.25) is 0 Å². The summed E-state index contributed by atoms with van der Waals surface area (Å²) in [6, 6.07) is 9.58. The fraction of sp³-hybridized carbons (Fsp3) is 0.182. The van der Waals surface area contributed by atoms with Crippen molar-refractivity contribution in [1.82, 2.24) is 15.1 Å². The minimum atomic E-state index is -0.433. The Morgan fingerprint density at radius 3 is 2.77 bits per heavy atom. The lowest BCUT2D eigenvalue weighted by Crippen LogP contribution is -2.18. The van der Waals surface area contributed by atoms with E-state index in [1.807, 2.05) is 12.1 Å². The maximum atomic E-state index is 12.8. The zero-order valence-corrected chi connectivity index (χ0v) is 17.6. The van der Waals surface area contributed by atoms with Crippen LogP contribution < -0.4 is 16.0 Å². The molecule has 2 aromatic carbocycles. The molecule has 0 spiro atoms. The number of nitrogens with one attached hydrogen (secondary N) is 3. The molecule has 0 saturated carbocycles. The molecule has 0 aliphatic carbocycles. The lowest BCUT2D eigenvalue weighted by Gasteiger charge is -2.17. The summed E-state index contributed by atoms with van der Waals surface area (Å²) in [4.78, 5) is 20.6. The summed E-state index contributed by atoms with van der Waals surface area (Å²) >= 11 is 6.32. The first-order valence-corrected chi connectivity index (χ1v) is 10.1. The molecular weight excluding hydrogens is 416 g/mol. The molecule has 9 heteroatoms. The molecule has 0 atom stereocenters. The molecule has 1 aliphatic rings. The van der Waals surface area contributed by atoms with E-state index in [0.717, 1.165) is 17.9 Å². The number of rotatable bonds is 4. The maximum absolute atomic E-state index is 12.8. The summed E-state index contributed by atoms with van der Waals surface area (Å²) in [5, 5.41) is 14.5. The van der Waals surface area contributed by atoms with E-state index in [0.29, 0.717) is 22.5 Å². The average Bonchev–Trinajstić information content (AvgIpc) is 3.28. The van der Waals surface area contributed by atoms with Crippen LogP contribution in [-0.4, -0.2) is 27.6 Å². The minimum Gasteiger partial charge on any atom is -0.384 e. The van der Waals surface area contributed by atoms with Crippen molar-refractivity contribution in [3.8, 4) is 0 Å². The van der Waals surface area contributed by atoms with Crippen LogP contribution in [0.1, 0.15) is 29.8 Å². The Labute approximate surface area is 183 Å². The topological polar surface area (TPSA) is 105 Å². The van der Waals surface area contributed by atoms with Crippen molar-refractivity contribution < 1.29 is 9.32 Å². The molecule has 1 amide bonds. The molecule has 0 bridgehead atoms. The Hall–Kier alpha value is -3.65. The van der Waals surface area contributed by atoms with Crippen molar-refractivity contribution in [2.45, 2.75) is 19.3 Å². The number of carbonyl (C=O) groups is 1. The van der Waals surface area contributed by atoms with Gasteiger partial charge in [-0.25, -0.2) is 9.97 Å². The SMILES string of the molecule is CC1(C)CNc2cc(Nc3noc4c(C(=O)Nc5cncnc5)c(Cl)ccc34)ccc21. The molecule has 8 nitrogen and oxygen atoms in total. The number of hydrogen-bond acceptors (Lipinski definition) is 7. The van der Waals surface area contributed by atoms with Crippen LogP contribution in [0, 0.1) is 0 Å². The van der Waals surface area contributed by atoms with Crippen LogP contribution in [0.4, 0.5) is 22.9 Å². The number of benzene rings is 2. The fourth-order valence-electron chi connectivity index (χ4n) is 3.75. The zero-order chi connectivity index (χ0) is 21.6. The van der Waals surface area contributed by atoms with E-state index >= 15 is 0 Å². The fourth-order valence-corrected chi connectivity index (χ4v) is 3.98. The standard InChI is InChI=1S/C22H19ClN6O2/c1-22(2)10-26-17-7-12(3-5-15(17)22)27-20-14-4-6-16(23)18(19(14)31-29-20)21(30)28-13-8-24-11-25-9-13/h3-9,11,26H,10H2,1-2H3,(H,27,29)(H,28,30). The quantitative estimate of drug-likeness (QED) is 0.416. The van der Waals surface area contributed by atoms with E-state index in [1.165, 1.54) is 24.3 Å². The monoisotopic (exact) mass is 434 g/mol. The van der Waals surface area contributed by atoms with Crippen LogP contribution >= 0.6 is 11.6 Å². The summed E-state index contributed by atoms with van der Waals surface area (Å²) in [7, 11) is 0. The third kappa shape index (κ3) is 3.44. The van der Waals surface area contributed by atoms with Crippen molar-refractivity contribution in [2.24, 2.45) is 0 Å². The van der Waals surface area contributed by atoms with Gasteiger partial charge in [0, 0.05) is 23.3 Å². The second-order valence-corrected chi connectivity index (χ2v) is 8.44. The van der Waals surface area contributed by atoms with Gasteiger partial charge in [-0.1, -0.05) is 36.7 Å². The van der Waals surface area contributed by atoms with Crippen LogP contribution in [0.15, 0.2) is 53.6 Å². The van der Waals surface area contributed by atoms with E-state index in [1.54, 1.807) is 12.1 Å². The number of nitrogens with zero attached hydrogens (tertiary/aromatic N) is 3. The highest BCUT2D eigenvalue weighted by atomic mass is 35.5. The van der Waals surface area contributed by atoms with Crippen LogP contribution in [0.3, 0.4) is 0 Å². The Morgan fingerprint density at radius 1 is 1.16 bits per heavy atom. The molecule has 0 unspecified atom stereocenters. The van der Waals surface area contributed by atoms with Crippen molar-refractivity contribution >= 4 is 51.4 Å². The molecule has 31 heavy (non-hydrogen) atoms. The lowest BCUT2D eigenvalue weighted by atomic mass is 9.87. The van der Waals surface area contributed by atoms with E-state index < -0.39 is 5.91 Å². The van der Waals surface area contributed by atoms with Gasteiger partial charge < -0.3 is 20.5 Å². The molecule has 2 aromatic heterocycles. The molecule has 4 aromatic rings. The first-order valence-electron chi connectivity index (χ1n) is 9.72. The molecule has 5 rings (SSSR count). The Morgan fingerprint density at radius 2 is 1.97 bits per heavy atom. The summed E-state index contributed by atoms with van der Waals surface area (Å²) in [6.07, 6.45) is 4.37. The zero-order valence-electron chi connectivity index (χ0n) is 16.9. The summed E-state index contributed by atoms with van der Waals surface area (Å²) in [5.41, 5.74) is 4.27. The predicted octanol–water partition coefficient (Wildman–Crippen LogP) is 4.97. The van der Waals surface area contributed by atoms with E-state index in [9.17, 15) is 4.79 Å². The maximum Gasteiger partial charge on any atom is 0.261 e. The molecule has 156 valence electrons. The van der Waals surface area contributed by atoms with Gasteiger partial charge in [-0.05, 0) is 29.8 Å². The Balaban J connectivity index is 1.47. The lowest BCUT2D eigenvalue weighted by molar-refractivity contribution is 0.102. The molecule has 1 aliphatic heterocycles. The predicted molar refractivity (Wildman–Crippen MR) is 120 cm³/mol. The summed E-state index contributed by atoms with van der Waals surface area (Å²) in [6.45, 7) is 5.31. The van der Waals surface area contributed by atoms with Gasteiger partial charge in [0.1, 0.15) is 11.9 Å². The van der Waals surface area contributed by atoms with Crippen molar-refractivity contribution in [1.29, 1.82) is 0 Å². The van der Waals surface area contributed by atoms with Crippen molar-refractivity contribution in [2.75, 3.05) is 22.5 Å². The largest absolute Gasteiger partial charge is 0.384 e. The van der Waals surface area contributed by atoms with Gasteiger partial charge in [-0.15, -0.1) is 0 Å². The highest BCUT2D eigenvalue weighted by molar-refractivity contribution is 6.36.